The molecule has 3 nitrogen and oxygen atoms in total. The summed E-state index contributed by atoms with van der Waals surface area (Å²) in [5.74, 6) is 1.66. The zero-order valence-electron chi connectivity index (χ0n) is 11.5. The molecule has 0 saturated heterocycles. The molecule has 0 aliphatic heterocycles. The van der Waals surface area contributed by atoms with Crippen LogP contribution in [-0.2, 0) is 0 Å². The van der Waals surface area contributed by atoms with Crippen LogP contribution in [0.3, 0.4) is 0 Å². The molecule has 3 heteroatoms. The molecule has 3 rings (SSSR count). The lowest BCUT2D eigenvalue weighted by Gasteiger charge is -2.07. The van der Waals surface area contributed by atoms with E-state index in [0.717, 1.165) is 33.5 Å². The second-order valence-corrected chi connectivity index (χ2v) is 4.51. The Balaban J connectivity index is 2.08. The van der Waals surface area contributed by atoms with Gasteiger partial charge in [-0.05, 0) is 35.9 Å². The molecule has 0 atom stereocenters. The van der Waals surface area contributed by atoms with Crippen molar-refractivity contribution in [1.82, 2.24) is 4.98 Å². The standard InChI is InChI=1S/C17H15NO2/c1-19-15-5-3-4-12(9-15)14-8-13-6-7-16(20-2)10-17(13)18-11-14/h3-11H,1-2H3. The highest BCUT2D eigenvalue weighted by Crippen LogP contribution is 2.27. The van der Waals surface area contributed by atoms with Crippen molar-refractivity contribution in [3.8, 4) is 22.6 Å². The normalized spacial score (nSPS) is 10.5. The summed E-state index contributed by atoms with van der Waals surface area (Å²) in [7, 11) is 3.33. The topological polar surface area (TPSA) is 31.4 Å². The molecule has 0 spiro atoms. The zero-order chi connectivity index (χ0) is 13.9. The van der Waals surface area contributed by atoms with Crippen molar-refractivity contribution in [2.24, 2.45) is 0 Å². The highest BCUT2D eigenvalue weighted by molar-refractivity contribution is 5.84. The molecule has 3 aromatic rings. The van der Waals surface area contributed by atoms with Gasteiger partial charge in [0.05, 0.1) is 19.7 Å². The SMILES string of the molecule is COc1cccc(-c2cnc3cc(OC)ccc3c2)c1. The van der Waals surface area contributed by atoms with Gasteiger partial charge in [-0.2, -0.15) is 0 Å². The van der Waals surface area contributed by atoms with Crippen molar-refractivity contribution >= 4 is 10.9 Å². The summed E-state index contributed by atoms with van der Waals surface area (Å²) in [4.78, 5) is 4.50. The van der Waals surface area contributed by atoms with E-state index in [4.69, 9.17) is 9.47 Å². The molecule has 0 aliphatic carbocycles. The first-order valence-corrected chi connectivity index (χ1v) is 6.38. The molecule has 0 unspecified atom stereocenters. The van der Waals surface area contributed by atoms with E-state index in [1.165, 1.54) is 0 Å². The number of aromatic nitrogens is 1. The molecule has 20 heavy (non-hydrogen) atoms. The maximum atomic E-state index is 5.26. The van der Waals surface area contributed by atoms with Crippen molar-refractivity contribution in [2.45, 2.75) is 0 Å². The van der Waals surface area contributed by atoms with E-state index in [9.17, 15) is 0 Å². The number of rotatable bonds is 3. The fraction of sp³-hybridized carbons (Fsp3) is 0.118. The fourth-order valence-corrected chi connectivity index (χ4v) is 2.19. The highest BCUT2D eigenvalue weighted by atomic mass is 16.5. The third-order valence-electron chi connectivity index (χ3n) is 3.29. The van der Waals surface area contributed by atoms with E-state index in [2.05, 4.69) is 17.1 Å². The molecule has 0 aliphatic rings. The first kappa shape index (κ1) is 12.5. The number of hydrogen-bond acceptors (Lipinski definition) is 3. The number of benzene rings is 2. The van der Waals surface area contributed by atoms with Gasteiger partial charge in [0.25, 0.3) is 0 Å². The van der Waals surface area contributed by atoms with Gasteiger partial charge in [0, 0.05) is 23.2 Å². The largest absolute Gasteiger partial charge is 0.497 e. The molecule has 1 aromatic heterocycles. The van der Waals surface area contributed by atoms with E-state index in [-0.39, 0.29) is 0 Å². The molecule has 2 aromatic carbocycles. The van der Waals surface area contributed by atoms with Gasteiger partial charge in [0.15, 0.2) is 0 Å². The average molecular weight is 265 g/mol. The van der Waals surface area contributed by atoms with Gasteiger partial charge in [-0.25, -0.2) is 0 Å². The van der Waals surface area contributed by atoms with Crippen LogP contribution in [0.15, 0.2) is 54.7 Å². The van der Waals surface area contributed by atoms with Gasteiger partial charge >= 0.3 is 0 Å². The zero-order valence-corrected chi connectivity index (χ0v) is 11.5. The van der Waals surface area contributed by atoms with E-state index in [1.54, 1.807) is 14.2 Å². The van der Waals surface area contributed by atoms with Crippen molar-refractivity contribution in [3.63, 3.8) is 0 Å². The van der Waals surface area contributed by atoms with Crippen LogP contribution in [0.1, 0.15) is 0 Å². The average Bonchev–Trinajstić information content (AvgIpc) is 2.54. The summed E-state index contributed by atoms with van der Waals surface area (Å²) < 4.78 is 10.5. The van der Waals surface area contributed by atoms with Crippen LogP contribution >= 0.6 is 0 Å². The Morgan fingerprint density at radius 1 is 0.800 bits per heavy atom. The van der Waals surface area contributed by atoms with Gasteiger partial charge in [-0.15, -0.1) is 0 Å². The van der Waals surface area contributed by atoms with Crippen molar-refractivity contribution in [2.75, 3.05) is 14.2 Å². The van der Waals surface area contributed by atoms with Crippen LogP contribution in [0.2, 0.25) is 0 Å². The van der Waals surface area contributed by atoms with Crippen molar-refractivity contribution in [3.05, 3.63) is 54.7 Å². The number of fused-ring (bicyclic) bond motifs is 1. The minimum absolute atomic E-state index is 0.819. The summed E-state index contributed by atoms with van der Waals surface area (Å²) in [6.45, 7) is 0. The first-order valence-electron chi connectivity index (χ1n) is 6.38. The molecule has 0 amide bonds. The van der Waals surface area contributed by atoms with Gasteiger partial charge < -0.3 is 9.47 Å². The third kappa shape index (κ3) is 2.30. The number of hydrogen-bond donors (Lipinski definition) is 0. The smallest absolute Gasteiger partial charge is 0.121 e. The first-order chi connectivity index (χ1) is 9.80. The molecular weight excluding hydrogens is 250 g/mol. The summed E-state index contributed by atoms with van der Waals surface area (Å²) in [5, 5.41) is 1.09. The minimum Gasteiger partial charge on any atom is -0.497 e. The molecular formula is C17H15NO2. The van der Waals surface area contributed by atoms with Crippen LogP contribution in [0, 0.1) is 0 Å². The summed E-state index contributed by atoms with van der Waals surface area (Å²) >= 11 is 0. The Hall–Kier alpha value is -2.55. The van der Waals surface area contributed by atoms with Gasteiger partial charge in [0.1, 0.15) is 11.5 Å². The predicted octanol–water partition coefficient (Wildman–Crippen LogP) is 3.92. The maximum Gasteiger partial charge on any atom is 0.121 e. The van der Waals surface area contributed by atoms with Crippen LogP contribution in [-0.4, -0.2) is 19.2 Å². The van der Waals surface area contributed by atoms with Gasteiger partial charge in [-0.1, -0.05) is 12.1 Å². The Morgan fingerprint density at radius 2 is 1.60 bits per heavy atom. The van der Waals surface area contributed by atoms with Crippen LogP contribution in [0.5, 0.6) is 11.5 Å². The highest BCUT2D eigenvalue weighted by Gasteiger charge is 2.03. The number of methoxy groups -OCH3 is 2. The van der Waals surface area contributed by atoms with Gasteiger partial charge in [-0.3, -0.25) is 4.98 Å². The van der Waals surface area contributed by atoms with Crippen molar-refractivity contribution in [1.29, 1.82) is 0 Å². The molecule has 100 valence electrons. The summed E-state index contributed by atoms with van der Waals surface area (Å²) in [5.41, 5.74) is 3.09. The van der Waals surface area contributed by atoms with Crippen molar-refractivity contribution < 1.29 is 9.47 Å². The number of ether oxygens (including phenoxy) is 2. The molecule has 0 saturated carbocycles. The minimum atomic E-state index is 0.819. The number of nitrogens with zero attached hydrogens (tertiary/aromatic N) is 1. The van der Waals surface area contributed by atoms with Crippen LogP contribution in [0.25, 0.3) is 22.0 Å². The summed E-state index contributed by atoms with van der Waals surface area (Å²) in [6.07, 6.45) is 1.87. The number of pyridine rings is 1. The summed E-state index contributed by atoms with van der Waals surface area (Å²) in [6, 6.07) is 16.0. The van der Waals surface area contributed by atoms with E-state index in [1.807, 2.05) is 42.6 Å². The maximum absolute atomic E-state index is 5.26. The quantitative estimate of drug-likeness (QED) is 0.719. The Bertz CT molecular complexity index is 753. The lowest BCUT2D eigenvalue weighted by atomic mass is 10.1. The Labute approximate surface area is 117 Å². The fourth-order valence-electron chi connectivity index (χ4n) is 2.19. The predicted molar refractivity (Wildman–Crippen MR) is 80.3 cm³/mol. The third-order valence-corrected chi connectivity index (χ3v) is 3.29. The second-order valence-electron chi connectivity index (χ2n) is 4.51. The molecule has 0 radical (unpaired) electrons. The Morgan fingerprint density at radius 3 is 2.40 bits per heavy atom. The van der Waals surface area contributed by atoms with Gasteiger partial charge in [0.2, 0.25) is 0 Å². The van der Waals surface area contributed by atoms with Crippen LogP contribution in [0.4, 0.5) is 0 Å². The molecule has 0 fully saturated rings. The van der Waals surface area contributed by atoms with E-state index in [0.29, 0.717) is 0 Å². The lowest BCUT2D eigenvalue weighted by molar-refractivity contribution is 0.415. The second kappa shape index (κ2) is 5.21. The monoisotopic (exact) mass is 265 g/mol. The lowest BCUT2D eigenvalue weighted by Crippen LogP contribution is -1.87. The van der Waals surface area contributed by atoms with Crippen LogP contribution < -0.4 is 9.47 Å². The molecule has 0 bridgehead atoms. The van der Waals surface area contributed by atoms with E-state index < -0.39 is 0 Å². The molecule has 0 N–H and O–H groups in total. The molecule has 1 heterocycles. The van der Waals surface area contributed by atoms with E-state index >= 15 is 0 Å². The Kier molecular flexibility index (Phi) is 3.25.